The molecule has 16 heavy (non-hydrogen) atoms. The van der Waals surface area contributed by atoms with Crippen LogP contribution in [0.25, 0.3) is 0 Å². The second-order valence-electron chi connectivity index (χ2n) is 5.37. The fourth-order valence-electron chi connectivity index (χ4n) is 2.37. The second-order valence-corrected chi connectivity index (χ2v) is 5.37. The van der Waals surface area contributed by atoms with Gasteiger partial charge in [-0.05, 0) is 47.1 Å². The van der Waals surface area contributed by atoms with Gasteiger partial charge in [-0.25, -0.2) is 4.79 Å². The van der Waals surface area contributed by atoms with Crippen molar-refractivity contribution in [2.75, 3.05) is 6.61 Å². The van der Waals surface area contributed by atoms with Crippen molar-refractivity contribution >= 4 is 5.97 Å². The van der Waals surface area contributed by atoms with Gasteiger partial charge in [0.25, 0.3) is 0 Å². The number of esters is 1. The Bertz CT molecular complexity index is 324. The first-order chi connectivity index (χ1) is 7.19. The van der Waals surface area contributed by atoms with Gasteiger partial charge >= 0.3 is 5.97 Å². The van der Waals surface area contributed by atoms with Crippen LogP contribution in [0.3, 0.4) is 0 Å². The summed E-state index contributed by atoms with van der Waals surface area (Å²) in [5, 5.41) is 0. The molecule has 1 heterocycles. The van der Waals surface area contributed by atoms with Gasteiger partial charge in [0.2, 0.25) is 0 Å². The minimum absolute atomic E-state index is 0.202. The molecule has 0 atom stereocenters. The van der Waals surface area contributed by atoms with Gasteiger partial charge < -0.3 is 9.47 Å². The summed E-state index contributed by atoms with van der Waals surface area (Å²) in [6.45, 7) is 12.1. The van der Waals surface area contributed by atoms with E-state index in [4.69, 9.17) is 9.47 Å². The van der Waals surface area contributed by atoms with E-state index in [1.165, 1.54) is 0 Å². The van der Waals surface area contributed by atoms with Crippen LogP contribution >= 0.6 is 0 Å². The average Bonchev–Trinajstić information content (AvgIpc) is 2.33. The molecular formula is C13H22O3. The summed E-state index contributed by atoms with van der Waals surface area (Å²) in [5.74, 6) is -0.230. The van der Waals surface area contributed by atoms with Gasteiger partial charge in [0.05, 0.1) is 17.8 Å². The van der Waals surface area contributed by atoms with Crippen LogP contribution in [0.4, 0.5) is 0 Å². The minimum atomic E-state index is -0.375. The predicted octanol–water partition coefficient (Wildman–Crippen LogP) is 2.84. The SMILES string of the molecule is CCOC(=O)C(C)=C1CC(C)(C)OC1(C)C. The Labute approximate surface area is 97.8 Å². The number of ether oxygens (including phenoxy) is 2. The summed E-state index contributed by atoms with van der Waals surface area (Å²) in [6.07, 6.45) is 0.782. The third kappa shape index (κ3) is 2.64. The molecule has 1 fully saturated rings. The highest BCUT2D eigenvalue weighted by Crippen LogP contribution is 2.43. The Morgan fingerprint density at radius 3 is 2.31 bits per heavy atom. The van der Waals surface area contributed by atoms with Crippen molar-refractivity contribution < 1.29 is 14.3 Å². The highest BCUT2D eigenvalue weighted by molar-refractivity contribution is 5.89. The first-order valence-corrected chi connectivity index (χ1v) is 5.77. The van der Waals surface area contributed by atoms with E-state index in [-0.39, 0.29) is 17.2 Å². The first kappa shape index (κ1) is 13.2. The maximum Gasteiger partial charge on any atom is 0.333 e. The molecule has 0 aromatic heterocycles. The maximum atomic E-state index is 11.7. The molecule has 3 nitrogen and oxygen atoms in total. The van der Waals surface area contributed by atoms with E-state index in [9.17, 15) is 4.79 Å². The monoisotopic (exact) mass is 226 g/mol. The van der Waals surface area contributed by atoms with E-state index >= 15 is 0 Å². The zero-order valence-corrected chi connectivity index (χ0v) is 11.1. The fourth-order valence-corrected chi connectivity index (χ4v) is 2.37. The lowest BCUT2D eigenvalue weighted by Gasteiger charge is -2.24. The highest BCUT2D eigenvalue weighted by atomic mass is 16.5. The summed E-state index contributed by atoms with van der Waals surface area (Å²) >= 11 is 0. The topological polar surface area (TPSA) is 35.5 Å². The fraction of sp³-hybridized carbons (Fsp3) is 0.769. The van der Waals surface area contributed by atoms with E-state index in [1.54, 1.807) is 0 Å². The molecular weight excluding hydrogens is 204 g/mol. The van der Waals surface area contributed by atoms with E-state index in [1.807, 2.05) is 41.5 Å². The van der Waals surface area contributed by atoms with Crippen molar-refractivity contribution in [3.8, 4) is 0 Å². The largest absolute Gasteiger partial charge is 0.463 e. The molecule has 0 aromatic rings. The number of carbonyl (C=O) groups excluding carboxylic acids is 1. The summed E-state index contributed by atoms with van der Waals surface area (Å²) in [7, 11) is 0. The van der Waals surface area contributed by atoms with Crippen LogP contribution in [0, 0.1) is 0 Å². The molecule has 1 aliphatic heterocycles. The lowest BCUT2D eigenvalue weighted by Crippen LogP contribution is -2.27. The summed E-state index contributed by atoms with van der Waals surface area (Å²) in [5.41, 5.74) is 1.17. The molecule has 0 spiro atoms. The van der Waals surface area contributed by atoms with Crippen molar-refractivity contribution in [3.05, 3.63) is 11.1 Å². The zero-order valence-electron chi connectivity index (χ0n) is 11.1. The van der Waals surface area contributed by atoms with Gasteiger partial charge in [-0.1, -0.05) is 0 Å². The number of rotatable bonds is 2. The second kappa shape index (κ2) is 4.21. The summed E-state index contributed by atoms with van der Waals surface area (Å²) in [6, 6.07) is 0. The van der Waals surface area contributed by atoms with Gasteiger partial charge in [0.15, 0.2) is 0 Å². The highest BCUT2D eigenvalue weighted by Gasteiger charge is 2.43. The van der Waals surface area contributed by atoms with Crippen LogP contribution in [0.5, 0.6) is 0 Å². The van der Waals surface area contributed by atoms with E-state index in [0.717, 1.165) is 12.0 Å². The molecule has 0 aliphatic carbocycles. The van der Waals surface area contributed by atoms with Crippen molar-refractivity contribution in [2.45, 2.75) is 59.2 Å². The van der Waals surface area contributed by atoms with Crippen molar-refractivity contribution in [1.29, 1.82) is 0 Å². The lowest BCUT2D eigenvalue weighted by atomic mass is 9.90. The molecule has 1 saturated heterocycles. The van der Waals surface area contributed by atoms with E-state index in [0.29, 0.717) is 12.2 Å². The summed E-state index contributed by atoms with van der Waals surface area (Å²) in [4.78, 5) is 11.7. The molecule has 0 radical (unpaired) electrons. The van der Waals surface area contributed by atoms with Crippen LogP contribution in [-0.4, -0.2) is 23.8 Å². The standard InChI is InChI=1S/C13H22O3/c1-7-15-11(14)9(2)10-8-12(3,4)16-13(10,5)6/h7-8H2,1-6H3. The molecule has 1 aliphatic rings. The quantitative estimate of drug-likeness (QED) is 0.536. The zero-order chi connectivity index (χ0) is 12.6. The van der Waals surface area contributed by atoms with Crippen LogP contribution in [0.1, 0.15) is 48.0 Å². The molecule has 92 valence electrons. The Morgan fingerprint density at radius 2 is 1.94 bits per heavy atom. The first-order valence-electron chi connectivity index (χ1n) is 5.77. The Kier molecular flexibility index (Phi) is 3.48. The van der Waals surface area contributed by atoms with Crippen LogP contribution in [0.15, 0.2) is 11.1 Å². The molecule has 0 N–H and O–H groups in total. The van der Waals surface area contributed by atoms with Gasteiger partial charge in [0, 0.05) is 12.0 Å². The maximum absolute atomic E-state index is 11.7. The van der Waals surface area contributed by atoms with Gasteiger partial charge in [-0.3, -0.25) is 0 Å². The van der Waals surface area contributed by atoms with E-state index in [2.05, 4.69) is 0 Å². The van der Waals surface area contributed by atoms with Crippen molar-refractivity contribution in [2.24, 2.45) is 0 Å². The Morgan fingerprint density at radius 1 is 1.38 bits per heavy atom. The molecule has 0 unspecified atom stereocenters. The molecule has 0 bridgehead atoms. The van der Waals surface area contributed by atoms with Gasteiger partial charge in [0.1, 0.15) is 0 Å². The van der Waals surface area contributed by atoms with Gasteiger partial charge in [-0.2, -0.15) is 0 Å². The minimum Gasteiger partial charge on any atom is -0.463 e. The third-order valence-corrected chi connectivity index (χ3v) is 2.89. The van der Waals surface area contributed by atoms with Gasteiger partial charge in [-0.15, -0.1) is 0 Å². The van der Waals surface area contributed by atoms with Crippen LogP contribution < -0.4 is 0 Å². The third-order valence-electron chi connectivity index (χ3n) is 2.89. The number of carbonyl (C=O) groups is 1. The molecule has 0 amide bonds. The smallest absolute Gasteiger partial charge is 0.333 e. The Balaban J connectivity index is 3.03. The van der Waals surface area contributed by atoms with Crippen LogP contribution in [0.2, 0.25) is 0 Å². The number of hydrogen-bond donors (Lipinski definition) is 0. The lowest BCUT2D eigenvalue weighted by molar-refractivity contribution is -0.138. The van der Waals surface area contributed by atoms with E-state index < -0.39 is 0 Å². The Hall–Kier alpha value is -0.830. The van der Waals surface area contributed by atoms with Crippen molar-refractivity contribution in [3.63, 3.8) is 0 Å². The summed E-state index contributed by atoms with van der Waals surface area (Å²) < 4.78 is 11.0. The normalized spacial score (nSPS) is 25.4. The average molecular weight is 226 g/mol. The van der Waals surface area contributed by atoms with Crippen molar-refractivity contribution in [1.82, 2.24) is 0 Å². The van der Waals surface area contributed by atoms with Crippen LogP contribution in [-0.2, 0) is 14.3 Å². The molecule has 0 saturated carbocycles. The number of hydrogen-bond acceptors (Lipinski definition) is 3. The molecule has 1 rings (SSSR count). The molecule has 0 aromatic carbocycles. The predicted molar refractivity (Wildman–Crippen MR) is 63.2 cm³/mol. The molecule has 3 heteroatoms.